The summed E-state index contributed by atoms with van der Waals surface area (Å²) in [5.74, 6) is 0. The summed E-state index contributed by atoms with van der Waals surface area (Å²) in [4.78, 5) is 0.113. The second-order valence-electron chi connectivity index (χ2n) is 4.21. The summed E-state index contributed by atoms with van der Waals surface area (Å²) in [5.41, 5.74) is 7.57. The van der Waals surface area contributed by atoms with Crippen LogP contribution < -0.4 is 15.8 Å². The first-order chi connectivity index (χ1) is 9.83. The third kappa shape index (κ3) is 3.68. The van der Waals surface area contributed by atoms with Crippen LogP contribution in [0.1, 0.15) is 0 Å². The predicted octanol–water partition coefficient (Wildman–Crippen LogP) is 3.34. The fraction of sp³-hybridized carbons (Fsp3) is 0.0769. The molecule has 0 aliphatic carbocycles. The van der Waals surface area contributed by atoms with Gasteiger partial charge in [-0.1, -0.05) is 11.6 Å². The van der Waals surface area contributed by atoms with E-state index in [0.29, 0.717) is 16.4 Å². The molecule has 0 unspecified atom stereocenters. The van der Waals surface area contributed by atoms with E-state index < -0.39 is 10.0 Å². The highest BCUT2D eigenvalue weighted by molar-refractivity contribution is 9.10. The standard InChI is InChI=1S/C13H13BrClN3O2S/c1-17-21(19,20)9-3-5-13(12(16)7-9)18-8-2-4-10(14)11(15)6-8/h2-7,17-18H,16H2,1H3. The van der Waals surface area contributed by atoms with E-state index >= 15 is 0 Å². The molecule has 0 bridgehead atoms. The minimum absolute atomic E-state index is 0.113. The van der Waals surface area contributed by atoms with E-state index in [4.69, 9.17) is 17.3 Å². The van der Waals surface area contributed by atoms with Gasteiger partial charge in [-0.25, -0.2) is 13.1 Å². The average Bonchev–Trinajstić information content (AvgIpc) is 2.45. The van der Waals surface area contributed by atoms with Gasteiger partial charge in [-0.3, -0.25) is 0 Å². The Balaban J connectivity index is 2.31. The lowest BCUT2D eigenvalue weighted by atomic mass is 10.2. The molecule has 0 atom stereocenters. The monoisotopic (exact) mass is 389 g/mol. The minimum atomic E-state index is -3.51. The lowest BCUT2D eigenvalue weighted by Gasteiger charge is -2.11. The van der Waals surface area contributed by atoms with Crippen molar-refractivity contribution < 1.29 is 8.42 Å². The highest BCUT2D eigenvalue weighted by Gasteiger charge is 2.13. The molecule has 112 valence electrons. The summed E-state index contributed by atoms with van der Waals surface area (Å²) in [6.07, 6.45) is 0. The number of rotatable bonds is 4. The fourth-order valence-electron chi connectivity index (χ4n) is 1.67. The first-order valence-electron chi connectivity index (χ1n) is 5.88. The van der Waals surface area contributed by atoms with Crippen molar-refractivity contribution in [1.82, 2.24) is 4.72 Å². The number of sulfonamides is 1. The largest absolute Gasteiger partial charge is 0.397 e. The Hall–Kier alpha value is -1.28. The van der Waals surface area contributed by atoms with E-state index in [1.807, 2.05) is 6.07 Å². The Morgan fingerprint density at radius 3 is 2.48 bits per heavy atom. The van der Waals surface area contributed by atoms with Crippen LogP contribution in [-0.4, -0.2) is 15.5 Å². The lowest BCUT2D eigenvalue weighted by Crippen LogP contribution is -2.18. The van der Waals surface area contributed by atoms with Gasteiger partial charge in [0.2, 0.25) is 10.0 Å². The van der Waals surface area contributed by atoms with Gasteiger partial charge in [0.25, 0.3) is 0 Å². The Morgan fingerprint density at radius 2 is 1.90 bits per heavy atom. The molecule has 0 saturated heterocycles. The van der Waals surface area contributed by atoms with Gasteiger partial charge < -0.3 is 11.1 Å². The smallest absolute Gasteiger partial charge is 0.240 e. The van der Waals surface area contributed by atoms with Gasteiger partial charge >= 0.3 is 0 Å². The molecule has 0 saturated carbocycles. The maximum absolute atomic E-state index is 11.7. The number of hydrogen-bond acceptors (Lipinski definition) is 4. The van der Waals surface area contributed by atoms with Crippen LogP contribution >= 0.6 is 27.5 Å². The second-order valence-corrected chi connectivity index (χ2v) is 7.36. The zero-order valence-corrected chi connectivity index (χ0v) is 14.2. The summed E-state index contributed by atoms with van der Waals surface area (Å²) in [5, 5.41) is 3.65. The number of nitrogens with one attached hydrogen (secondary N) is 2. The van der Waals surface area contributed by atoms with Crippen LogP contribution in [0, 0.1) is 0 Å². The molecule has 0 spiro atoms. The van der Waals surface area contributed by atoms with E-state index in [0.717, 1.165) is 10.2 Å². The molecule has 8 heteroatoms. The Kier molecular flexibility index (Phi) is 4.77. The molecule has 4 N–H and O–H groups in total. The topological polar surface area (TPSA) is 84.2 Å². The maximum Gasteiger partial charge on any atom is 0.240 e. The third-order valence-corrected chi connectivity index (χ3v) is 5.45. The molecule has 0 heterocycles. The van der Waals surface area contributed by atoms with Crippen LogP contribution in [0.2, 0.25) is 5.02 Å². The SMILES string of the molecule is CNS(=O)(=O)c1ccc(Nc2ccc(Br)c(Cl)c2)c(N)c1. The van der Waals surface area contributed by atoms with Crippen LogP contribution in [-0.2, 0) is 10.0 Å². The van der Waals surface area contributed by atoms with Gasteiger partial charge in [0.1, 0.15) is 0 Å². The van der Waals surface area contributed by atoms with Crippen molar-refractivity contribution in [3.05, 3.63) is 45.9 Å². The van der Waals surface area contributed by atoms with Crippen molar-refractivity contribution in [2.24, 2.45) is 0 Å². The highest BCUT2D eigenvalue weighted by atomic mass is 79.9. The van der Waals surface area contributed by atoms with E-state index in [2.05, 4.69) is 26.0 Å². The summed E-state index contributed by atoms with van der Waals surface area (Å²) in [6, 6.07) is 9.85. The van der Waals surface area contributed by atoms with Crippen LogP contribution in [0.25, 0.3) is 0 Å². The van der Waals surface area contributed by atoms with Crippen molar-refractivity contribution in [2.45, 2.75) is 4.90 Å². The Bertz CT molecular complexity index is 781. The number of halogens is 2. The van der Waals surface area contributed by atoms with Gasteiger partial charge in [0.05, 0.1) is 21.3 Å². The average molecular weight is 391 g/mol. The molecular formula is C13H13BrClN3O2S. The summed E-state index contributed by atoms with van der Waals surface area (Å²) in [6.45, 7) is 0. The number of nitrogens with two attached hydrogens (primary N) is 1. The van der Waals surface area contributed by atoms with Crippen molar-refractivity contribution in [2.75, 3.05) is 18.1 Å². The van der Waals surface area contributed by atoms with E-state index in [-0.39, 0.29) is 4.90 Å². The minimum Gasteiger partial charge on any atom is -0.397 e. The molecule has 0 aliphatic rings. The normalized spacial score (nSPS) is 11.4. The van der Waals surface area contributed by atoms with E-state index in [9.17, 15) is 8.42 Å². The first-order valence-corrected chi connectivity index (χ1v) is 8.54. The first kappa shape index (κ1) is 16.1. The molecule has 0 fully saturated rings. The van der Waals surface area contributed by atoms with E-state index in [1.165, 1.54) is 19.2 Å². The molecule has 0 aliphatic heterocycles. The zero-order valence-electron chi connectivity index (χ0n) is 11.0. The van der Waals surface area contributed by atoms with Crippen LogP contribution in [0.5, 0.6) is 0 Å². The summed E-state index contributed by atoms with van der Waals surface area (Å²) in [7, 11) is -2.16. The summed E-state index contributed by atoms with van der Waals surface area (Å²) < 4.78 is 26.4. The molecule has 0 radical (unpaired) electrons. The van der Waals surface area contributed by atoms with Crippen LogP contribution in [0.3, 0.4) is 0 Å². The molecule has 2 rings (SSSR count). The van der Waals surface area contributed by atoms with Gasteiger partial charge in [-0.05, 0) is 59.4 Å². The van der Waals surface area contributed by atoms with Crippen molar-refractivity contribution in [1.29, 1.82) is 0 Å². The Morgan fingerprint density at radius 1 is 1.19 bits per heavy atom. The highest BCUT2D eigenvalue weighted by Crippen LogP contribution is 2.30. The molecule has 21 heavy (non-hydrogen) atoms. The molecule has 0 aromatic heterocycles. The number of anilines is 3. The zero-order chi connectivity index (χ0) is 15.6. The van der Waals surface area contributed by atoms with Crippen molar-refractivity contribution in [3.8, 4) is 0 Å². The maximum atomic E-state index is 11.7. The van der Waals surface area contributed by atoms with Crippen LogP contribution in [0.15, 0.2) is 45.8 Å². The molecule has 5 nitrogen and oxygen atoms in total. The predicted molar refractivity (Wildman–Crippen MR) is 89.5 cm³/mol. The van der Waals surface area contributed by atoms with Crippen LogP contribution in [0.4, 0.5) is 17.1 Å². The van der Waals surface area contributed by atoms with Crippen molar-refractivity contribution in [3.63, 3.8) is 0 Å². The van der Waals surface area contributed by atoms with Gasteiger partial charge in [-0.15, -0.1) is 0 Å². The number of nitrogen functional groups attached to an aromatic ring is 1. The van der Waals surface area contributed by atoms with Gasteiger partial charge in [-0.2, -0.15) is 0 Å². The molecule has 2 aromatic carbocycles. The molecule has 2 aromatic rings. The van der Waals surface area contributed by atoms with Gasteiger partial charge in [0, 0.05) is 10.2 Å². The second kappa shape index (κ2) is 6.23. The van der Waals surface area contributed by atoms with Gasteiger partial charge in [0.15, 0.2) is 0 Å². The Labute approximate surface area is 136 Å². The molecule has 0 amide bonds. The lowest BCUT2D eigenvalue weighted by molar-refractivity contribution is 0.588. The number of hydrogen-bond donors (Lipinski definition) is 3. The number of benzene rings is 2. The van der Waals surface area contributed by atoms with Crippen molar-refractivity contribution >= 4 is 54.6 Å². The molecular weight excluding hydrogens is 378 g/mol. The summed E-state index contributed by atoms with van der Waals surface area (Å²) >= 11 is 9.33. The van der Waals surface area contributed by atoms with E-state index in [1.54, 1.807) is 18.2 Å². The quantitative estimate of drug-likeness (QED) is 0.699. The third-order valence-electron chi connectivity index (χ3n) is 2.80. The fourth-order valence-corrected chi connectivity index (χ4v) is 2.86.